The summed E-state index contributed by atoms with van der Waals surface area (Å²) in [4.78, 5) is 37.9. The average Bonchev–Trinajstić information content (AvgIpc) is 2.80. The molecule has 1 saturated heterocycles. The molecule has 0 unspecified atom stereocenters. The number of methoxy groups -OCH3 is 1. The van der Waals surface area contributed by atoms with Gasteiger partial charge in [0.1, 0.15) is 5.82 Å². The molecule has 10 nitrogen and oxygen atoms in total. The van der Waals surface area contributed by atoms with Crippen LogP contribution in [0.3, 0.4) is 0 Å². The standard InChI is InChI=1S/C20H22N8O2/c1-14-13-27(7-8-28(14)17-5-3-4-6-21-17)19-22-11-16(12-23-19)26-18(29)15-9-24-20(30-2)25-10-15/h3-6,9-12,14H,7-8,13H2,1-2H3,(H,26,29)/t14-/m0/s1. The molecule has 30 heavy (non-hydrogen) atoms. The van der Waals surface area contributed by atoms with Crippen molar-refractivity contribution in [3.63, 3.8) is 0 Å². The van der Waals surface area contributed by atoms with Gasteiger partial charge in [0.25, 0.3) is 5.91 Å². The lowest BCUT2D eigenvalue weighted by Crippen LogP contribution is -2.52. The van der Waals surface area contributed by atoms with Crippen molar-refractivity contribution in [2.75, 3.05) is 41.9 Å². The van der Waals surface area contributed by atoms with Gasteiger partial charge in [0.05, 0.1) is 30.8 Å². The van der Waals surface area contributed by atoms with Gasteiger partial charge in [-0.3, -0.25) is 4.79 Å². The van der Waals surface area contributed by atoms with Gasteiger partial charge in [-0.25, -0.2) is 24.9 Å². The fourth-order valence-electron chi connectivity index (χ4n) is 3.29. The number of hydrogen-bond donors (Lipinski definition) is 1. The van der Waals surface area contributed by atoms with Gasteiger partial charge >= 0.3 is 6.01 Å². The Hall–Kier alpha value is -3.82. The molecule has 4 heterocycles. The number of carbonyl (C=O) groups excluding carboxylic acids is 1. The Balaban J connectivity index is 1.37. The van der Waals surface area contributed by atoms with Crippen molar-refractivity contribution in [3.8, 4) is 6.01 Å². The maximum atomic E-state index is 12.3. The molecule has 154 valence electrons. The Morgan fingerprint density at radius 2 is 1.83 bits per heavy atom. The number of nitrogens with one attached hydrogen (secondary N) is 1. The molecule has 1 aliphatic rings. The zero-order chi connectivity index (χ0) is 20.9. The molecule has 1 atom stereocenters. The van der Waals surface area contributed by atoms with Crippen LogP contribution in [0.15, 0.2) is 49.2 Å². The number of anilines is 3. The average molecular weight is 406 g/mol. The molecule has 0 spiro atoms. The Morgan fingerprint density at radius 1 is 1.07 bits per heavy atom. The van der Waals surface area contributed by atoms with Crippen molar-refractivity contribution in [3.05, 3.63) is 54.7 Å². The lowest BCUT2D eigenvalue weighted by atomic mass is 10.2. The van der Waals surface area contributed by atoms with E-state index >= 15 is 0 Å². The summed E-state index contributed by atoms with van der Waals surface area (Å²) in [5.41, 5.74) is 0.819. The number of amides is 1. The number of pyridine rings is 1. The number of nitrogens with zero attached hydrogens (tertiary/aromatic N) is 7. The van der Waals surface area contributed by atoms with E-state index in [-0.39, 0.29) is 18.0 Å². The highest BCUT2D eigenvalue weighted by atomic mass is 16.5. The molecule has 1 amide bonds. The number of piperazine rings is 1. The van der Waals surface area contributed by atoms with Crippen molar-refractivity contribution in [1.82, 2.24) is 24.9 Å². The maximum absolute atomic E-state index is 12.3. The molecular formula is C20H22N8O2. The van der Waals surface area contributed by atoms with E-state index < -0.39 is 0 Å². The molecule has 1 aliphatic heterocycles. The van der Waals surface area contributed by atoms with E-state index in [0.29, 0.717) is 17.2 Å². The number of rotatable bonds is 5. The third-order valence-electron chi connectivity index (χ3n) is 4.82. The maximum Gasteiger partial charge on any atom is 0.316 e. The third-order valence-corrected chi connectivity index (χ3v) is 4.82. The Morgan fingerprint density at radius 3 is 2.47 bits per heavy atom. The van der Waals surface area contributed by atoms with E-state index in [1.165, 1.54) is 19.5 Å². The van der Waals surface area contributed by atoms with Crippen molar-refractivity contribution >= 4 is 23.4 Å². The van der Waals surface area contributed by atoms with Crippen LogP contribution in [0.25, 0.3) is 0 Å². The van der Waals surface area contributed by atoms with Crippen molar-refractivity contribution in [2.24, 2.45) is 0 Å². The summed E-state index contributed by atoms with van der Waals surface area (Å²) < 4.78 is 4.89. The highest BCUT2D eigenvalue weighted by molar-refractivity contribution is 6.03. The molecule has 0 saturated carbocycles. The first-order valence-electron chi connectivity index (χ1n) is 9.56. The first kappa shape index (κ1) is 19.5. The van der Waals surface area contributed by atoms with Crippen LogP contribution in [-0.4, -0.2) is 63.6 Å². The number of hydrogen-bond acceptors (Lipinski definition) is 9. The van der Waals surface area contributed by atoms with E-state index in [2.05, 4.69) is 47.0 Å². The monoisotopic (exact) mass is 406 g/mol. The van der Waals surface area contributed by atoms with Gasteiger partial charge in [-0.1, -0.05) is 6.07 Å². The zero-order valence-electron chi connectivity index (χ0n) is 16.8. The van der Waals surface area contributed by atoms with Crippen LogP contribution in [-0.2, 0) is 0 Å². The fourth-order valence-corrected chi connectivity index (χ4v) is 3.29. The van der Waals surface area contributed by atoms with Gasteiger partial charge in [-0.2, -0.15) is 0 Å². The van der Waals surface area contributed by atoms with Crippen LogP contribution >= 0.6 is 0 Å². The van der Waals surface area contributed by atoms with E-state index in [1.807, 2.05) is 24.4 Å². The highest BCUT2D eigenvalue weighted by Crippen LogP contribution is 2.20. The van der Waals surface area contributed by atoms with Crippen LogP contribution < -0.4 is 19.9 Å². The van der Waals surface area contributed by atoms with Gasteiger partial charge in [0.2, 0.25) is 5.95 Å². The van der Waals surface area contributed by atoms with Crippen molar-refractivity contribution in [1.29, 1.82) is 0 Å². The van der Waals surface area contributed by atoms with Gasteiger partial charge in [-0.05, 0) is 19.1 Å². The minimum atomic E-state index is -0.341. The first-order valence-corrected chi connectivity index (χ1v) is 9.56. The quantitative estimate of drug-likeness (QED) is 0.676. The molecule has 1 N–H and O–H groups in total. The topological polar surface area (TPSA) is 109 Å². The Labute approximate surface area is 174 Å². The van der Waals surface area contributed by atoms with Crippen LogP contribution in [0.5, 0.6) is 6.01 Å². The fraction of sp³-hybridized carbons (Fsp3) is 0.300. The molecule has 0 radical (unpaired) electrons. The van der Waals surface area contributed by atoms with Gasteiger partial charge in [0.15, 0.2) is 0 Å². The van der Waals surface area contributed by atoms with Crippen LogP contribution in [0.2, 0.25) is 0 Å². The summed E-state index contributed by atoms with van der Waals surface area (Å²) in [5.74, 6) is 1.27. The summed E-state index contributed by atoms with van der Waals surface area (Å²) in [6, 6.07) is 6.41. The molecular weight excluding hydrogens is 384 g/mol. The number of aromatic nitrogens is 5. The van der Waals surface area contributed by atoms with Crippen molar-refractivity contribution < 1.29 is 9.53 Å². The number of carbonyl (C=O) groups is 1. The molecule has 0 aromatic carbocycles. The van der Waals surface area contributed by atoms with Crippen molar-refractivity contribution in [2.45, 2.75) is 13.0 Å². The second-order valence-corrected chi connectivity index (χ2v) is 6.86. The van der Waals surface area contributed by atoms with Crippen LogP contribution in [0.1, 0.15) is 17.3 Å². The summed E-state index contributed by atoms with van der Waals surface area (Å²) in [6.07, 6.45) is 7.81. The van der Waals surface area contributed by atoms with Crippen LogP contribution in [0, 0.1) is 0 Å². The second-order valence-electron chi connectivity index (χ2n) is 6.86. The SMILES string of the molecule is COc1ncc(C(=O)Nc2cnc(N3CCN(c4ccccn4)[C@@H](C)C3)nc2)cn1. The minimum Gasteiger partial charge on any atom is -0.467 e. The minimum absolute atomic E-state index is 0.205. The molecule has 0 aliphatic carbocycles. The predicted octanol–water partition coefficient (Wildman–Crippen LogP) is 1.64. The van der Waals surface area contributed by atoms with E-state index in [4.69, 9.17) is 4.74 Å². The molecule has 3 aromatic heterocycles. The molecule has 1 fully saturated rings. The van der Waals surface area contributed by atoms with Gasteiger partial charge in [-0.15, -0.1) is 0 Å². The Kier molecular flexibility index (Phi) is 5.64. The van der Waals surface area contributed by atoms with Crippen LogP contribution in [0.4, 0.5) is 17.5 Å². The number of ether oxygens (including phenoxy) is 1. The normalized spacial score (nSPS) is 16.3. The second kappa shape index (κ2) is 8.68. The van der Waals surface area contributed by atoms with E-state index in [0.717, 1.165) is 25.5 Å². The molecule has 4 rings (SSSR count). The van der Waals surface area contributed by atoms with Gasteiger partial charge < -0.3 is 19.9 Å². The third kappa shape index (κ3) is 4.27. The zero-order valence-corrected chi connectivity index (χ0v) is 16.8. The lowest BCUT2D eigenvalue weighted by molar-refractivity contribution is 0.102. The predicted molar refractivity (Wildman–Crippen MR) is 112 cm³/mol. The largest absolute Gasteiger partial charge is 0.467 e. The highest BCUT2D eigenvalue weighted by Gasteiger charge is 2.26. The summed E-state index contributed by atoms with van der Waals surface area (Å²) >= 11 is 0. The van der Waals surface area contributed by atoms with E-state index in [1.54, 1.807) is 12.4 Å². The molecule has 10 heteroatoms. The molecule has 0 bridgehead atoms. The summed E-state index contributed by atoms with van der Waals surface area (Å²) in [7, 11) is 1.47. The molecule has 3 aromatic rings. The smallest absolute Gasteiger partial charge is 0.316 e. The first-order chi connectivity index (χ1) is 14.6. The lowest BCUT2D eigenvalue weighted by Gasteiger charge is -2.40. The van der Waals surface area contributed by atoms with E-state index in [9.17, 15) is 4.79 Å². The van der Waals surface area contributed by atoms with Gasteiger partial charge in [0, 0.05) is 44.3 Å². The Bertz CT molecular complexity index is 982. The summed E-state index contributed by atoms with van der Waals surface area (Å²) in [5, 5.41) is 2.74. The summed E-state index contributed by atoms with van der Waals surface area (Å²) in [6.45, 7) is 4.56.